The van der Waals surface area contributed by atoms with Crippen molar-refractivity contribution in [1.29, 1.82) is 0 Å². The standard InChI is InChI=1S/C15H20N2O3S/c1-15(2)13(14(19)20)17-12(21-15)9-16-11(18)8-10-6-4-3-5-7-10/h3-7,12-13,17H,8-9H2,1-2H3,(H,16,18)(H,19,20)/t12-,13?/m1/s1. The number of thioether (sulfide) groups is 1. The lowest BCUT2D eigenvalue weighted by atomic mass is 10.0. The molecule has 1 aromatic carbocycles. The van der Waals surface area contributed by atoms with Gasteiger partial charge in [0.25, 0.3) is 0 Å². The van der Waals surface area contributed by atoms with Gasteiger partial charge in [0.2, 0.25) is 5.91 Å². The predicted molar refractivity (Wildman–Crippen MR) is 83.2 cm³/mol. The number of rotatable bonds is 5. The number of carbonyl (C=O) groups is 2. The minimum atomic E-state index is -0.856. The monoisotopic (exact) mass is 308 g/mol. The highest BCUT2D eigenvalue weighted by atomic mass is 32.2. The average molecular weight is 308 g/mol. The molecule has 3 N–H and O–H groups in total. The molecule has 1 fully saturated rings. The Bertz CT molecular complexity index is 519. The third-order valence-corrected chi connectivity index (χ3v) is 4.86. The van der Waals surface area contributed by atoms with Gasteiger partial charge in [0.1, 0.15) is 6.04 Å². The highest BCUT2D eigenvalue weighted by Gasteiger charge is 2.44. The van der Waals surface area contributed by atoms with Crippen LogP contribution in [0.2, 0.25) is 0 Å². The SMILES string of the molecule is CC1(C)S[C@H](CNC(=O)Cc2ccccc2)NC1C(=O)O. The Hall–Kier alpha value is -1.53. The fourth-order valence-corrected chi connectivity index (χ4v) is 3.78. The summed E-state index contributed by atoms with van der Waals surface area (Å²) in [4.78, 5) is 23.1. The van der Waals surface area contributed by atoms with Crippen molar-refractivity contribution in [2.75, 3.05) is 6.54 Å². The van der Waals surface area contributed by atoms with E-state index in [1.165, 1.54) is 0 Å². The van der Waals surface area contributed by atoms with Gasteiger partial charge in [0, 0.05) is 11.3 Å². The number of hydrogen-bond donors (Lipinski definition) is 3. The first kappa shape index (κ1) is 15.9. The topological polar surface area (TPSA) is 78.4 Å². The van der Waals surface area contributed by atoms with Crippen LogP contribution in [-0.4, -0.2) is 39.7 Å². The van der Waals surface area contributed by atoms with E-state index in [1.807, 2.05) is 44.2 Å². The maximum absolute atomic E-state index is 11.9. The van der Waals surface area contributed by atoms with Gasteiger partial charge in [-0.05, 0) is 19.4 Å². The van der Waals surface area contributed by atoms with Crippen LogP contribution in [0.15, 0.2) is 30.3 Å². The quantitative estimate of drug-likeness (QED) is 0.763. The largest absolute Gasteiger partial charge is 0.480 e. The summed E-state index contributed by atoms with van der Waals surface area (Å²) in [6, 6.07) is 8.93. The van der Waals surface area contributed by atoms with Crippen LogP contribution in [0, 0.1) is 0 Å². The molecule has 0 radical (unpaired) electrons. The Kier molecular flexibility index (Phi) is 4.90. The normalized spacial score (nSPS) is 23.7. The molecule has 1 aliphatic heterocycles. The van der Waals surface area contributed by atoms with Crippen molar-refractivity contribution >= 4 is 23.6 Å². The number of amides is 1. The molecule has 114 valence electrons. The van der Waals surface area contributed by atoms with Crippen molar-refractivity contribution in [3.05, 3.63) is 35.9 Å². The summed E-state index contributed by atoms with van der Waals surface area (Å²) >= 11 is 1.55. The number of hydrogen-bond acceptors (Lipinski definition) is 4. The van der Waals surface area contributed by atoms with Gasteiger partial charge in [-0.15, -0.1) is 11.8 Å². The molecule has 6 heteroatoms. The average Bonchev–Trinajstić information content (AvgIpc) is 2.73. The lowest BCUT2D eigenvalue weighted by Gasteiger charge is -2.20. The van der Waals surface area contributed by atoms with Crippen molar-refractivity contribution in [3.8, 4) is 0 Å². The summed E-state index contributed by atoms with van der Waals surface area (Å²) in [5, 5.41) is 15.0. The van der Waals surface area contributed by atoms with Crippen LogP contribution in [0.3, 0.4) is 0 Å². The van der Waals surface area contributed by atoms with Gasteiger partial charge < -0.3 is 10.4 Å². The van der Waals surface area contributed by atoms with Crippen molar-refractivity contribution in [2.45, 2.75) is 36.4 Å². The maximum atomic E-state index is 11.9. The summed E-state index contributed by atoms with van der Waals surface area (Å²) in [5.41, 5.74) is 0.964. The molecule has 0 spiro atoms. The molecule has 0 aromatic heterocycles. The molecule has 1 aliphatic rings. The summed E-state index contributed by atoms with van der Waals surface area (Å²) in [6.45, 7) is 4.22. The van der Waals surface area contributed by atoms with Gasteiger partial charge in [0.15, 0.2) is 0 Å². The summed E-state index contributed by atoms with van der Waals surface area (Å²) in [7, 11) is 0. The van der Waals surface area contributed by atoms with Crippen LogP contribution >= 0.6 is 11.8 Å². The maximum Gasteiger partial charge on any atom is 0.322 e. The second kappa shape index (κ2) is 6.49. The van der Waals surface area contributed by atoms with Crippen LogP contribution in [-0.2, 0) is 16.0 Å². The summed E-state index contributed by atoms with van der Waals surface area (Å²) in [6.07, 6.45) is 0.337. The highest BCUT2D eigenvalue weighted by Crippen LogP contribution is 2.37. The van der Waals surface area contributed by atoms with E-state index in [-0.39, 0.29) is 16.0 Å². The summed E-state index contributed by atoms with van der Waals surface area (Å²) < 4.78 is -0.388. The first-order valence-electron chi connectivity index (χ1n) is 6.86. The van der Waals surface area contributed by atoms with E-state index in [0.29, 0.717) is 13.0 Å². The van der Waals surface area contributed by atoms with E-state index in [2.05, 4.69) is 10.6 Å². The van der Waals surface area contributed by atoms with Gasteiger partial charge >= 0.3 is 5.97 Å². The molecule has 0 aliphatic carbocycles. The van der Waals surface area contributed by atoms with Gasteiger partial charge in [0.05, 0.1) is 11.8 Å². The fraction of sp³-hybridized carbons (Fsp3) is 0.467. The van der Waals surface area contributed by atoms with Crippen molar-refractivity contribution < 1.29 is 14.7 Å². The van der Waals surface area contributed by atoms with Crippen LogP contribution in [0.25, 0.3) is 0 Å². The predicted octanol–water partition coefficient (Wildman–Crippen LogP) is 1.24. The molecular weight excluding hydrogens is 288 g/mol. The number of nitrogens with one attached hydrogen (secondary N) is 2. The first-order valence-corrected chi connectivity index (χ1v) is 7.74. The van der Waals surface area contributed by atoms with E-state index in [4.69, 9.17) is 0 Å². The summed E-state index contributed by atoms with van der Waals surface area (Å²) in [5.74, 6) is -0.911. The molecular formula is C15H20N2O3S. The van der Waals surface area contributed by atoms with Crippen LogP contribution < -0.4 is 10.6 Å². The second-order valence-electron chi connectivity index (χ2n) is 5.61. The van der Waals surface area contributed by atoms with E-state index in [0.717, 1.165) is 5.56 Å². The van der Waals surface area contributed by atoms with Crippen molar-refractivity contribution in [3.63, 3.8) is 0 Å². The fourth-order valence-electron chi connectivity index (χ4n) is 2.37. The van der Waals surface area contributed by atoms with Crippen molar-refractivity contribution in [2.24, 2.45) is 0 Å². The molecule has 2 atom stereocenters. The number of benzene rings is 1. The Labute approximate surface area is 128 Å². The van der Waals surface area contributed by atoms with Gasteiger partial charge in [-0.2, -0.15) is 0 Å². The van der Waals surface area contributed by atoms with Crippen molar-refractivity contribution in [1.82, 2.24) is 10.6 Å². The molecule has 5 nitrogen and oxygen atoms in total. The molecule has 21 heavy (non-hydrogen) atoms. The van der Waals surface area contributed by atoms with Crippen LogP contribution in [0.1, 0.15) is 19.4 Å². The Balaban J connectivity index is 1.81. The zero-order valence-corrected chi connectivity index (χ0v) is 12.9. The zero-order chi connectivity index (χ0) is 15.5. The number of carboxylic acids is 1. The van der Waals surface area contributed by atoms with E-state index >= 15 is 0 Å². The lowest BCUT2D eigenvalue weighted by molar-refractivity contribution is -0.139. The third kappa shape index (κ3) is 4.22. The Morgan fingerprint density at radius 3 is 2.57 bits per heavy atom. The van der Waals surface area contributed by atoms with Gasteiger partial charge in [-0.1, -0.05) is 30.3 Å². The lowest BCUT2D eigenvalue weighted by Crippen LogP contribution is -2.46. The minimum Gasteiger partial charge on any atom is -0.480 e. The number of carbonyl (C=O) groups excluding carboxylic acids is 1. The van der Waals surface area contributed by atoms with Gasteiger partial charge in [-0.25, -0.2) is 0 Å². The second-order valence-corrected chi connectivity index (χ2v) is 7.47. The number of carboxylic acid groups (broad SMARTS) is 1. The smallest absolute Gasteiger partial charge is 0.322 e. The molecule has 0 saturated carbocycles. The number of aliphatic carboxylic acids is 1. The first-order chi connectivity index (χ1) is 9.88. The van der Waals surface area contributed by atoms with Crippen LogP contribution in [0.5, 0.6) is 0 Å². The van der Waals surface area contributed by atoms with E-state index in [1.54, 1.807) is 11.8 Å². The third-order valence-electron chi connectivity index (χ3n) is 3.43. The molecule has 1 unspecified atom stereocenters. The molecule has 1 heterocycles. The van der Waals surface area contributed by atoms with Crippen LogP contribution in [0.4, 0.5) is 0 Å². The zero-order valence-electron chi connectivity index (χ0n) is 12.1. The van der Waals surface area contributed by atoms with E-state index < -0.39 is 12.0 Å². The minimum absolute atomic E-state index is 0.0554. The molecule has 0 bridgehead atoms. The molecule has 1 amide bonds. The molecule has 1 saturated heterocycles. The highest BCUT2D eigenvalue weighted by molar-refractivity contribution is 8.01. The molecule has 1 aromatic rings. The Morgan fingerprint density at radius 1 is 1.33 bits per heavy atom. The Morgan fingerprint density at radius 2 is 2.00 bits per heavy atom. The van der Waals surface area contributed by atoms with E-state index in [9.17, 15) is 14.7 Å². The van der Waals surface area contributed by atoms with Gasteiger partial charge in [-0.3, -0.25) is 14.9 Å². The molecule has 2 rings (SSSR count).